The molecule has 0 radical (unpaired) electrons. The number of anilines is 2. The highest BCUT2D eigenvalue weighted by molar-refractivity contribution is 7.99. The van der Waals surface area contributed by atoms with Crippen molar-refractivity contribution in [2.24, 2.45) is 0 Å². The zero-order chi connectivity index (χ0) is 22.5. The lowest BCUT2D eigenvalue weighted by Crippen LogP contribution is -2.30. The third-order valence-electron chi connectivity index (χ3n) is 4.62. The van der Waals surface area contributed by atoms with E-state index in [2.05, 4.69) is 41.2 Å². The van der Waals surface area contributed by atoms with E-state index in [9.17, 15) is 4.79 Å². The van der Waals surface area contributed by atoms with Crippen molar-refractivity contribution in [1.82, 2.24) is 14.9 Å². The van der Waals surface area contributed by atoms with Crippen molar-refractivity contribution in [3.05, 3.63) is 52.5 Å². The molecule has 10 heteroatoms. The summed E-state index contributed by atoms with van der Waals surface area (Å²) in [6.07, 6.45) is 0. The van der Waals surface area contributed by atoms with Gasteiger partial charge in [0.1, 0.15) is 0 Å². The van der Waals surface area contributed by atoms with E-state index in [1.807, 2.05) is 24.3 Å². The summed E-state index contributed by atoms with van der Waals surface area (Å²) in [5.41, 5.74) is 2.46. The lowest BCUT2D eigenvalue weighted by molar-refractivity contribution is -0.113. The molecule has 31 heavy (non-hydrogen) atoms. The Morgan fingerprint density at radius 2 is 1.90 bits per heavy atom. The number of rotatable bonds is 8. The van der Waals surface area contributed by atoms with Crippen molar-refractivity contribution >= 4 is 52.2 Å². The molecule has 7 nitrogen and oxygen atoms in total. The van der Waals surface area contributed by atoms with E-state index >= 15 is 0 Å². The number of nitrogens with two attached hydrogens (primary N) is 1. The third-order valence-corrected chi connectivity index (χ3v) is 6.11. The predicted molar refractivity (Wildman–Crippen MR) is 130 cm³/mol. The van der Waals surface area contributed by atoms with E-state index in [0.717, 1.165) is 17.9 Å². The Morgan fingerprint density at radius 1 is 1.19 bits per heavy atom. The number of nitrogens with zero attached hydrogens (tertiary/aromatic N) is 4. The van der Waals surface area contributed by atoms with Crippen LogP contribution in [0.5, 0.6) is 0 Å². The summed E-state index contributed by atoms with van der Waals surface area (Å²) in [7, 11) is 0. The third kappa shape index (κ3) is 5.64. The number of aromatic nitrogens is 3. The molecule has 0 unspecified atom stereocenters. The highest BCUT2D eigenvalue weighted by atomic mass is 35.5. The number of carbonyl (C=O) groups is 1. The molecule has 0 saturated carbocycles. The molecule has 0 fully saturated rings. The summed E-state index contributed by atoms with van der Waals surface area (Å²) in [6.45, 7) is 7.34. The van der Waals surface area contributed by atoms with E-state index in [1.54, 1.807) is 18.2 Å². The molecule has 3 N–H and O–H groups in total. The van der Waals surface area contributed by atoms with Crippen LogP contribution in [-0.4, -0.2) is 39.1 Å². The quantitative estimate of drug-likeness (QED) is 0.352. The van der Waals surface area contributed by atoms with Gasteiger partial charge in [0.2, 0.25) is 11.1 Å². The lowest BCUT2D eigenvalue weighted by atomic mass is 10.2. The number of halogens is 2. The number of hydrogen-bond donors (Lipinski definition) is 2. The molecular weight excluding hydrogens is 455 g/mol. The summed E-state index contributed by atoms with van der Waals surface area (Å²) in [4.78, 5) is 14.7. The second kappa shape index (κ2) is 10.3. The highest BCUT2D eigenvalue weighted by Crippen LogP contribution is 2.30. The molecular formula is C21H24Cl2N6OS. The number of carbonyl (C=O) groups excluding carboxylic acids is 1. The highest BCUT2D eigenvalue weighted by Gasteiger charge is 2.16. The maximum atomic E-state index is 12.4. The van der Waals surface area contributed by atoms with Crippen molar-refractivity contribution in [1.29, 1.82) is 0 Å². The standard InChI is InChI=1S/C21H24Cl2N6OS/c1-4-28(13(2)3)16-8-6-15(7-9-16)25-19(30)12-31-21-27-26-20(29(21)24)17-10-5-14(22)11-18(17)23/h5-11,13H,4,12,24H2,1-3H3,(H,25,30). The van der Waals surface area contributed by atoms with E-state index in [0.29, 0.717) is 32.6 Å². The zero-order valence-corrected chi connectivity index (χ0v) is 19.8. The van der Waals surface area contributed by atoms with Crippen molar-refractivity contribution in [2.75, 3.05) is 28.4 Å². The molecule has 1 amide bonds. The number of thioether (sulfide) groups is 1. The van der Waals surface area contributed by atoms with E-state index in [-0.39, 0.29) is 11.7 Å². The largest absolute Gasteiger partial charge is 0.369 e. The van der Waals surface area contributed by atoms with Crippen LogP contribution >= 0.6 is 35.0 Å². The van der Waals surface area contributed by atoms with Crippen LogP contribution in [0.15, 0.2) is 47.6 Å². The van der Waals surface area contributed by atoms with Crippen LogP contribution in [0.25, 0.3) is 11.4 Å². The van der Waals surface area contributed by atoms with Gasteiger partial charge in [0.15, 0.2) is 5.82 Å². The number of nitrogen functional groups attached to an aromatic ring is 1. The van der Waals surface area contributed by atoms with Gasteiger partial charge in [-0.3, -0.25) is 4.79 Å². The molecule has 0 saturated heterocycles. The molecule has 0 aliphatic carbocycles. The van der Waals surface area contributed by atoms with Crippen molar-refractivity contribution in [2.45, 2.75) is 32.0 Å². The maximum Gasteiger partial charge on any atom is 0.234 e. The Kier molecular flexibility index (Phi) is 7.69. The number of nitrogens with one attached hydrogen (secondary N) is 1. The van der Waals surface area contributed by atoms with Crippen molar-refractivity contribution in [3.63, 3.8) is 0 Å². The smallest absolute Gasteiger partial charge is 0.234 e. The van der Waals surface area contributed by atoms with Crippen LogP contribution in [-0.2, 0) is 4.79 Å². The fraction of sp³-hybridized carbons (Fsp3) is 0.286. The first-order valence-corrected chi connectivity index (χ1v) is 11.5. The minimum atomic E-state index is -0.164. The Labute approximate surface area is 195 Å². The van der Waals surface area contributed by atoms with Crippen molar-refractivity contribution in [3.8, 4) is 11.4 Å². The first kappa shape index (κ1) is 23.2. The predicted octanol–water partition coefficient (Wildman–Crippen LogP) is 4.93. The molecule has 1 heterocycles. The van der Waals surface area contributed by atoms with Crippen LogP contribution in [0.4, 0.5) is 11.4 Å². The normalized spacial score (nSPS) is 11.0. The molecule has 3 aromatic rings. The first-order chi connectivity index (χ1) is 14.8. The molecule has 1 aromatic heterocycles. The van der Waals surface area contributed by atoms with Gasteiger partial charge in [-0.05, 0) is 63.2 Å². The van der Waals surface area contributed by atoms with Gasteiger partial charge in [0.05, 0.1) is 10.8 Å². The van der Waals surface area contributed by atoms with Crippen LogP contribution in [0.1, 0.15) is 20.8 Å². The average Bonchev–Trinajstić information content (AvgIpc) is 3.08. The summed E-state index contributed by atoms with van der Waals surface area (Å²) < 4.78 is 1.31. The molecule has 0 atom stereocenters. The second-order valence-electron chi connectivity index (χ2n) is 7.06. The Balaban J connectivity index is 1.61. The SMILES string of the molecule is CCN(c1ccc(NC(=O)CSc2nnc(-c3ccc(Cl)cc3Cl)n2N)cc1)C(C)C. The fourth-order valence-electron chi connectivity index (χ4n) is 3.14. The molecule has 0 aliphatic rings. The summed E-state index contributed by atoms with van der Waals surface area (Å²) in [5, 5.41) is 12.4. The van der Waals surface area contributed by atoms with E-state index < -0.39 is 0 Å². The Hall–Kier alpha value is -2.42. The average molecular weight is 479 g/mol. The van der Waals surface area contributed by atoms with Crippen LogP contribution in [0.2, 0.25) is 10.0 Å². The molecule has 164 valence electrons. The van der Waals surface area contributed by atoms with Gasteiger partial charge in [-0.1, -0.05) is 35.0 Å². The van der Waals surface area contributed by atoms with Gasteiger partial charge in [0, 0.05) is 34.5 Å². The van der Waals surface area contributed by atoms with Gasteiger partial charge in [-0.2, -0.15) is 0 Å². The van der Waals surface area contributed by atoms with Gasteiger partial charge >= 0.3 is 0 Å². The first-order valence-electron chi connectivity index (χ1n) is 9.75. The van der Waals surface area contributed by atoms with Crippen LogP contribution in [0, 0.1) is 0 Å². The maximum absolute atomic E-state index is 12.4. The lowest BCUT2D eigenvalue weighted by Gasteiger charge is -2.27. The molecule has 0 aliphatic heterocycles. The summed E-state index contributed by atoms with van der Waals surface area (Å²) >= 11 is 13.4. The topological polar surface area (TPSA) is 89.1 Å². The van der Waals surface area contributed by atoms with Gasteiger partial charge in [0.25, 0.3) is 0 Å². The molecule has 3 rings (SSSR count). The van der Waals surface area contributed by atoms with Crippen LogP contribution < -0.4 is 16.1 Å². The Morgan fingerprint density at radius 3 is 2.52 bits per heavy atom. The van der Waals surface area contributed by atoms with Crippen molar-refractivity contribution < 1.29 is 4.79 Å². The van der Waals surface area contributed by atoms with E-state index in [1.165, 1.54) is 16.4 Å². The summed E-state index contributed by atoms with van der Waals surface area (Å²) in [5.74, 6) is 6.47. The Bertz CT molecular complexity index is 1050. The minimum absolute atomic E-state index is 0.137. The minimum Gasteiger partial charge on any atom is -0.369 e. The monoisotopic (exact) mass is 478 g/mol. The van der Waals surface area contributed by atoms with E-state index in [4.69, 9.17) is 29.0 Å². The number of benzene rings is 2. The van der Waals surface area contributed by atoms with Crippen LogP contribution in [0.3, 0.4) is 0 Å². The number of hydrogen-bond acceptors (Lipinski definition) is 6. The zero-order valence-electron chi connectivity index (χ0n) is 17.5. The molecule has 0 spiro atoms. The molecule has 0 bridgehead atoms. The summed E-state index contributed by atoms with van der Waals surface area (Å²) in [6, 6.07) is 13.2. The fourth-order valence-corrected chi connectivity index (χ4v) is 4.29. The second-order valence-corrected chi connectivity index (χ2v) is 8.85. The number of amides is 1. The van der Waals surface area contributed by atoms with Gasteiger partial charge in [-0.15, -0.1) is 10.2 Å². The molecule has 2 aromatic carbocycles. The van der Waals surface area contributed by atoms with Gasteiger partial charge in [-0.25, -0.2) is 4.68 Å². The van der Waals surface area contributed by atoms with Gasteiger partial charge < -0.3 is 16.1 Å².